The van der Waals surface area contributed by atoms with Crippen LogP contribution in [0.15, 0.2) is 23.4 Å². The lowest BCUT2D eigenvalue weighted by Crippen LogP contribution is -2.15. The zero-order valence-corrected chi connectivity index (χ0v) is 10.6. The number of amidine groups is 1. The maximum atomic E-state index is 13.1. The van der Waals surface area contributed by atoms with Crippen LogP contribution in [0.5, 0.6) is 0 Å². The summed E-state index contributed by atoms with van der Waals surface area (Å²) in [6.45, 7) is 2.14. The second-order valence-electron chi connectivity index (χ2n) is 3.69. The molecule has 0 fully saturated rings. The number of oxime groups is 1. The van der Waals surface area contributed by atoms with Gasteiger partial charge in [-0.3, -0.25) is 0 Å². The van der Waals surface area contributed by atoms with Gasteiger partial charge in [0, 0.05) is 11.3 Å². The first-order chi connectivity index (χ1) is 8.19. The van der Waals surface area contributed by atoms with Gasteiger partial charge in [0.1, 0.15) is 5.82 Å². The van der Waals surface area contributed by atoms with Crippen molar-refractivity contribution >= 4 is 17.6 Å². The van der Waals surface area contributed by atoms with E-state index >= 15 is 0 Å². The van der Waals surface area contributed by atoms with Gasteiger partial charge in [0.25, 0.3) is 0 Å². The van der Waals surface area contributed by atoms with Crippen molar-refractivity contribution in [2.75, 3.05) is 5.75 Å². The van der Waals surface area contributed by atoms with Crippen LogP contribution < -0.4 is 5.73 Å². The molecule has 0 spiro atoms. The smallest absolute Gasteiger partial charge is 0.170 e. The Morgan fingerprint density at radius 3 is 2.94 bits per heavy atom. The van der Waals surface area contributed by atoms with Gasteiger partial charge in [-0.25, -0.2) is 4.39 Å². The van der Waals surface area contributed by atoms with Gasteiger partial charge < -0.3 is 10.9 Å². The van der Waals surface area contributed by atoms with Crippen molar-refractivity contribution in [3.05, 3.63) is 35.1 Å². The third-order valence-electron chi connectivity index (χ3n) is 2.36. The monoisotopic (exact) mass is 256 g/mol. The highest BCUT2D eigenvalue weighted by molar-refractivity contribution is 7.98. The molecule has 0 bridgehead atoms. The predicted molar refractivity (Wildman–Crippen MR) is 70.0 cm³/mol. The van der Waals surface area contributed by atoms with Gasteiger partial charge in [0.05, 0.1) is 0 Å². The van der Waals surface area contributed by atoms with Gasteiger partial charge in [0.2, 0.25) is 0 Å². The molecule has 0 radical (unpaired) electrons. The van der Waals surface area contributed by atoms with Crippen molar-refractivity contribution in [3.8, 4) is 0 Å². The van der Waals surface area contributed by atoms with Crippen LogP contribution in [0.3, 0.4) is 0 Å². The molecule has 1 aromatic carbocycles. The molecule has 1 rings (SSSR count). The van der Waals surface area contributed by atoms with Crippen molar-refractivity contribution in [1.82, 2.24) is 0 Å². The summed E-state index contributed by atoms with van der Waals surface area (Å²) in [6, 6.07) is 4.37. The number of rotatable bonds is 6. The number of halogens is 1. The molecule has 0 saturated heterocycles. The van der Waals surface area contributed by atoms with Gasteiger partial charge in [0.15, 0.2) is 5.84 Å². The van der Waals surface area contributed by atoms with Crippen molar-refractivity contribution < 1.29 is 9.60 Å². The van der Waals surface area contributed by atoms with Gasteiger partial charge >= 0.3 is 0 Å². The molecule has 0 saturated carbocycles. The molecule has 0 aliphatic carbocycles. The highest BCUT2D eigenvalue weighted by atomic mass is 32.2. The summed E-state index contributed by atoms with van der Waals surface area (Å²) in [7, 11) is 0. The van der Waals surface area contributed by atoms with Crippen LogP contribution in [0.4, 0.5) is 4.39 Å². The quantitative estimate of drug-likeness (QED) is 0.270. The van der Waals surface area contributed by atoms with Crippen LogP contribution in [0.25, 0.3) is 0 Å². The summed E-state index contributed by atoms with van der Waals surface area (Å²) >= 11 is 1.76. The zero-order chi connectivity index (χ0) is 12.7. The Morgan fingerprint density at radius 1 is 1.53 bits per heavy atom. The first-order valence-corrected chi connectivity index (χ1v) is 6.68. The van der Waals surface area contributed by atoms with Crippen LogP contribution in [0.1, 0.15) is 30.9 Å². The van der Waals surface area contributed by atoms with E-state index in [1.807, 2.05) is 0 Å². The number of hydrogen-bond acceptors (Lipinski definition) is 3. The summed E-state index contributed by atoms with van der Waals surface area (Å²) in [5.41, 5.74) is 6.88. The van der Waals surface area contributed by atoms with E-state index in [1.165, 1.54) is 12.1 Å². The van der Waals surface area contributed by atoms with E-state index in [0.717, 1.165) is 29.9 Å². The summed E-state index contributed by atoms with van der Waals surface area (Å²) in [4.78, 5) is 0. The number of unbranched alkanes of at least 4 members (excludes halogenated alkanes) is 1. The van der Waals surface area contributed by atoms with E-state index in [1.54, 1.807) is 17.8 Å². The molecular formula is C12H17FN2OS. The van der Waals surface area contributed by atoms with Gasteiger partial charge in [-0.2, -0.15) is 11.8 Å². The second kappa shape index (κ2) is 7.17. The number of thioether (sulfide) groups is 1. The predicted octanol–water partition coefficient (Wildman–Crippen LogP) is 2.95. The molecular weight excluding hydrogens is 239 g/mol. The largest absolute Gasteiger partial charge is 0.409 e. The molecule has 3 nitrogen and oxygen atoms in total. The third-order valence-corrected chi connectivity index (χ3v) is 3.45. The maximum absolute atomic E-state index is 13.1. The zero-order valence-electron chi connectivity index (χ0n) is 9.82. The Morgan fingerprint density at radius 2 is 2.29 bits per heavy atom. The molecule has 3 N–H and O–H groups in total. The molecule has 94 valence electrons. The van der Waals surface area contributed by atoms with Gasteiger partial charge in [-0.1, -0.05) is 24.6 Å². The lowest BCUT2D eigenvalue weighted by molar-refractivity contribution is 0.318. The number of hydrogen-bond donors (Lipinski definition) is 2. The molecule has 0 amide bonds. The lowest BCUT2D eigenvalue weighted by Gasteiger charge is -2.08. The molecule has 0 aliphatic rings. The van der Waals surface area contributed by atoms with Crippen LogP contribution in [-0.2, 0) is 5.75 Å². The SMILES string of the molecule is CCCCSCc1ccc(F)cc1C(N)=NO. The average molecular weight is 256 g/mol. The Labute approximate surface area is 105 Å². The topological polar surface area (TPSA) is 58.6 Å². The number of nitrogens with zero attached hydrogens (tertiary/aromatic N) is 1. The lowest BCUT2D eigenvalue weighted by atomic mass is 10.1. The molecule has 1 aromatic rings. The standard InChI is InChI=1S/C12H17FN2OS/c1-2-3-6-17-8-9-4-5-10(13)7-11(9)12(14)15-16/h4-5,7,16H,2-3,6,8H2,1H3,(H2,14,15). The third kappa shape index (κ3) is 4.26. The minimum absolute atomic E-state index is 0.0457. The van der Waals surface area contributed by atoms with Crippen molar-refractivity contribution in [2.45, 2.75) is 25.5 Å². The normalized spacial score (nSPS) is 11.8. The highest BCUT2D eigenvalue weighted by Gasteiger charge is 2.08. The Kier molecular flexibility index (Phi) is 5.83. The molecule has 0 unspecified atom stereocenters. The molecule has 0 atom stereocenters. The first kappa shape index (κ1) is 13.8. The second-order valence-corrected chi connectivity index (χ2v) is 4.80. The van der Waals surface area contributed by atoms with Gasteiger partial charge in [-0.15, -0.1) is 0 Å². The molecule has 0 aliphatic heterocycles. The van der Waals surface area contributed by atoms with E-state index < -0.39 is 0 Å². The Balaban J connectivity index is 2.76. The highest BCUT2D eigenvalue weighted by Crippen LogP contribution is 2.19. The van der Waals surface area contributed by atoms with Crippen LogP contribution in [0.2, 0.25) is 0 Å². The van der Waals surface area contributed by atoms with Crippen molar-refractivity contribution in [1.29, 1.82) is 0 Å². The fourth-order valence-corrected chi connectivity index (χ4v) is 2.50. The van der Waals surface area contributed by atoms with E-state index in [9.17, 15) is 4.39 Å². The van der Waals surface area contributed by atoms with Crippen LogP contribution in [-0.4, -0.2) is 16.8 Å². The molecule has 17 heavy (non-hydrogen) atoms. The summed E-state index contributed by atoms with van der Waals surface area (Å²) < 4.78 is 13.1. The number of nitrogens with two attached hydrogens (primary N) is 1. The summed E-state index contributed by atoms with van der Waals surface area (Å²) in [6.07, 6.45) is 2.31. The molecule has 5 heteroatoms. The Hall–Kier alpha value is -1.23. The summed E-state index contributed by atoms with van der Waals surface area (Å²) in [5, 5.41) is 11.6. The molecule has 0 aromatic heterocycles. The minimum Gasteiger partial charge on any atom is -0.409 e. The van der Waals surface area contributed by atoms with E-state index in [0.29, 0.717) is 5.56 Å². The van der Waals surface area contributed by atoms with Gasteiger partial charge in [-0.05, 0) is 29.9 Å². The molecule has 0 heterocycles. The fraction of sp³-hybridized carbons (Fsp3) is 0.417. The maximum Gasteiger partial charge on any atom is 0.170 e. The Bertz CT molecular complexity index is 396. The van der Waals surface area contributed by atoms with Crippen molar-refractivity contribution in [2.24, 2.45) is 10.9 Å². The average Bonchev–Trinajstić information content (AvgIpc) is 2.35. The fourth-order valence-electron chi connectivity index (χ4n) is 1.40. The minimum atomic E-state index is -0.381. The van der Waals surface area contributed by atoms with Crippen LogP contribution in [0, 0.1) is 5.82 Å². The van der Waals surface area contributed by atoms with E-state index in [4.69, 9.17) is 10.9 Å². The van der Waals surface area contributed by atoms with E-state index in [2.05, 4.69) is 12.1 Å². The summed E-state index contributed by atoms with van der Waals surface area (Å²) in [5.74, 6) is 1.37. The van der Waals surface area contributed by atoms with E-state index in [-0.39, 0.29) is 11.7 Å². The number of benzene rings is 1. The first-order valence-electron chi connectivity index (χ1n) is 5.53. The van der Waals surface area contributed by atoms with Crippen LogP contribution >= 0.6 is 11.8 Å². The van der Waals surface area contributed by atoms with Crippen molar-refractivity contribution in [3.63, 3.8) is 0 Å².